The number of nitrogens with zero attached hydrogens (tertiary/aromatic N) is 1. The Morgan fingerprint density at radius 3 is 2.06 bits per heavy atom. The average Bonchev–Trinajstić information content (AvgIpc) is 2.40. The van der Waals surface area contributed by atoms with Crippen molar-refractivity contribution in [3.05, 3.63) is 0 Å². The lowest BCUT2D eigenvalue weighted by atomic mass is 9.92. The summed E-state index contributed by atoms with van der Waals surface area (Å²) >= 11 is 0. The van der Waals surface area contributed by atoms with E-state index in [1.165, 1.54) is 0 Å². The lowest BCUT2D eigenvalue weighted by Crippen LogP contribution is -2.43. The fourth-order valence-electron chi connectivity index (χ4n) is 1.80. The second kappa shape index (κ2) is 10.7. The molecule has 5 nitrogen and oxygen atoms in total. The Bertz CT molecular complexity index is 179. The van der Waals surface area contributed by atoms with Crippen molar-refractivity contribution in [2.24, 2.45) is 5.73 Å². The SMILES string of the molecule is CCC(N)(CO)CCCN(CCOC)CCOC. The number of hydrogen-bond acceptors (Lipinski definition) is 5. The minimum Gasteiger partial charge on any atom is -0.394 e. The molecule has 0 aromatic heterocycles. The number of rotatable bonds is 12. The van der Waals surface area contributed by atoms with Crippen molar-refractivity contribution >= 4 is 0 Å². The summed E-state index contributed by atoms with van der Waals surface area (Å²) in [7, 11) is 3.42. The quantitative estimate of drug-likeness (QED) is 0.535. The van der Waals surface area contributed by atoms with E-state index in [0.717, 1.165) is 52.1 Å². The van der Waals surface area contributed by atoms with Crippen molar-refractivity contribution in [2.45, 2.75) is 31.7 Å². The molecule has 0 rings (SSSR count). The van der Waals surface area contributed by atoms with Gasteiger partial charge >= 0.3 is 0 Å². The third-order valence-corrected chi connectivity index (χ3v) is 3.39. The van der Waals surface area contributed by atoms with E-state index < -0.39 is 5.54 Å². The van der Waals surface area contributed by atoms with Gasteiger partial charge in [-0.25, -0.2) is 0 Å². The molecule has 0 fully saturated rings. The maximum Gasteiger partial charge on any atom is 0.0611 e. The van der Waals surface area contributed by atoms with E-state index in [9.17, 15) is 5.11 Å². The summed E-state index contributed by atoms with van der Waals surface area (Å²) in [5, 5.41) is 9.25. The fourth-order valence-corrected chi connectivity index (χ4v) is 1.80. The minimum absolute atomic E-state index is 0.0552. The van der Waals surface area contributed by atoms with E-state index in [2.05, 4.69) is 4.90 Å². The molecule has 0 aromatic rings. The standard InChI is InChI=1S/C13H30N2O3/c1-4-13(14,12-16)6-5-7-15(8-10-17-2)9-11-18-3/h16H,4-12,14H2,1-3H3. The highest BCUT2D eigenvalue weighted by molar-refractivity contribution is 4.81. The average molecular weight is 262 g/mol. The van der Waals surface area contributed by atoms with Gasteiger partial charge < -0.3 is 20.3 Å². The largest absolute Gasteiger partial charge is 0.394 e. The number of hydrogen-bond donors (Lipinski definition) is 2. The molecule has 3 N–H and O–H groups in total. The van der Waals surface area contributed by atoms with Crippen LogP contribution in [0.5, 0.6) is 0 Å². The van der Waals surface area contributed by atoms with E-state index in [0.29, 0.717) is 0 Å². The molecular formula is C13H30N2O3. The lowest BCUT2D eigenvalue weighted by Gasteiger charge is -2.28. The predicted octanol–water partition coefficient (Wildman–Crippen LogP) is 0.461. The van der Waals surface area contributed by atoms with Crippen LogP contribution in [-0.4, -0.2) is 69.2 Å². The van der Waals surface area contributed by atoms with Gasteiger partial charge in [0.25, 0.3) is 0 Å². The molecule has 5 heteroatoms. The smallest absolute Gasteiger partial charge is 0.0611 e. The number of nitrogens with two attached hydrogens (primary N) is 1. The van der Waals surface area contributed by atoms with Gasteiger partial charge in [0.05, 0.1) is 19.8 Å². The molecule has 0 aliphatic rings. The first-order valence-electron chi connectivity index (χ1n) is 6.72. The highest BCUT2D eigenvalue weighted by Gasteiger charge is 2.21. The van der Waals surface area contributed by atoms with Gasteiger partial charge in [0.1, 0.15) is 0 Å². The molecule has 18 heavy (non-hydrogen) atoms. The van der Waals surface area contributed by atoms with Crippen LogP contribution in [0.1, 0.15) is 26.2 Å². The van der Waals surface area contributed by atoms with Crippen LogP contribution in [0.3, 0.4) is 0 Å². The molecule has 0 heterocycles. The second-order valence-corrected chi connectivity index (χ2v) is 4.80. The van der Waals surface area contributed by atoms with Crippen molar-refractivity contribution < 1.29 is 14.6 Å². The minimum atomic E-state index is -0.422. The van der Waals surface area contributed by atoms with Crippen LogP contribution in [-0.2, 0) is 9.47 Å². The van der Waals surface area contributed by atoms with E-state index >= 15 is 0 Å². The monoisotopic (exact) mass is 262 g/mol. The number of aliphatic hydroxyl groups is 1. The van der Waals surface area contributed by atoms with Crippen LogP contribution in [0.4, 0.5) is 0 Å². The van der Waals surface area contributed by atoms with E-state index in [4.69, 9.17) is 15.2 Å². The molecule has 0 saturated carbocycles. The van der Waals surface area contributed by atoms with Crippen LogP contribution in [0.15, 0.2) is 0 Å². The first-order chi connectivity index (χ1) is 8.61. The molecule has 110 valence electrons. The van der Waals surface area contributed by atoms with Crippen molar-refractivity contribution in [3.8, 4) is 0 Å². The van der Waals surface area contributed by atoms with Gasteiger partial charge in [0, 0.05) is 32.8 Å². The Kier molecular flexibility index (Phi) is 10.6. The van der Waals surface area contributed by atoms with Gasteiger partial charge in [0.2, 0.25) is 0 Å². The second-order valence-electron chi connectivity index (χ2n) is 4.80. The summed E-state index contributed by atoms with van der Waals surface area (Å²) < 4.78 is 10.2. The van der Waals surface area contributed by atoms with Gasteiger partial charge in [-0.3, -0.25) is 4.90 Å². The van der Waals surface area contributed by atoms with Gasteiger partial charge in [0.15, 0.2) is 0 Å². The predicted molar refractivity (Wildman–Crippen MR) is 73.7 cm³/mol. The topological polar surface area (TPSA) is 68.0 Å². The summed E-state index contributed by atoms with van der Waals surface area (Å²) in [5.74, 6) is 0. The summed E-state index contributed by atoms with van der Waals surface area (Å²) in [4.78, 5) is 2.31. The van der Waals surface area contributed by atoms with Crippen molar-refractivity contribution in [2.75, 3.05) is 53.7 Å². The zero-order valence-electron chi connectivity index (χ0n) is 12.2. The molecule has 0 aliphatic heterocycles. The third-order valence-electron chi connectivity index (χ3n) is 3.39. The molecule has 1 atom stereocenters. The zero-order valence-corrected chi connectivity index (χ0v) is 12.2. The molecular weight excluding hydrogens is 232 g/mol. The van der Waals surface area contributed by atoms with E-state index in [1.807, 2.05) is 6.92 Å². The van der Waals surface area contributed by atoms with Gasteiger partial charge in [-0.05, 0) is 25.8 Å². The summed E-state index contributed by atoms with van der Waals surface area (Å²) in [6.07, 6.45) is 2.63. The Morgan fingerprint density at radius 1 is 1.11 bits per heavy atom. The first-order valence-corrected chi connectivity index (χ1v) is 6.72. The van der Waals surface area contributed by atoms with Crippen LogP contribution in [0.25, 0.3) is 0 Å². The van der Waals surface area contributed by atoms with Crippen molar-refractivity contribution in [3.63, 3.8) is 0 Å². The molecule has 0 spiro atoms. The molecule has 0 amide bonds. The Morgan fingerprint density at radius 2 is 1.67 bits per heavy atom. The van der Waals surface area contributed by atoms with E-state index in [-0.39, 0.29) is 6.61 Å². The number of ether oxygens (including phenoxy) is 2. The van der Waals surface area contributed by atoms with Crippen LogP contribution >= 0.6 is 0 Å². The number of aliphatic hydroxyl groups excluding tert-OH is 1. The molecule has 0 radical (unpaired) electrons. The Balaban J connectivity index is 3.93. The van der Waals surface area contributed by atoms with Gasteiger partial charge in [-0.1, -0.05) is 6.92 Å². The van der Waals surface area contributed by atoms with Crippen LogP contribution < -0.4 is 5.73 Å². The van der Waals surface area contributed by atoms with E-state index in [1.54, 1.807) is 14.2 Å². The third kappa shape index (κ3) is 8.00. The Hall–Kier alpha value is -0.200. The zero-order chi connectivity index (χ0) is 13.9. The van der Waals surface area contributed by atoms with Gasteiger partial charge in [-0.2, -0.15) is 0 Å². The van der Waals surface area contributed by atoms with Crippen LogP contribution in [0.2, 0.25) is 0 Å². The molecule has 0 aromatic carbocycles. The van der Waals surface area contributed by atoms with Gasteiger partial charge in [-0.15, -0.1) is 0 Å². The normalized spacial score (nSPS) is 15.0. The molecule has 0 saturated heterocycles. The maximum atomic E-state index is 9.25. The fraction of sp³-hybridized carbons (Fsp3) is 1.00. The maximum absolute atomic E-state index is 9.25. The summed E-state index contributed by atoms with van der Waals surface area (Å²) in [6, 6.07) is 0. The first kappa shape index (κ1) is 17.8. The molecule has 1 unspecified atom stereocenters. The molecule has 0 bridgehead atoms. The Labute approximate surface area is 111 Å². The number of methoxy groups -OCH3 is 2. The molecule has 0 aliphatic carbocycles. The highest BCUT2D eigenvalue weighted by atomic mass is 16.5. The van der Waals surface area contributed by atoms with Crippen LogP contribution in [0, 0.1) is 0 Å². The van der Waals surface area contributed by atoms with Crippen molar-refractivity contribution in [1.82, 2.24) is 4.90 Å². The summed E-state index contributed by atoms with van der Waals surface area (Å²) in [6.45, 7) is 6.30. The summed E-state index contributed by atoms with van der Waals surface area (Å²) in [5.41, 5.74) is 5.64. The highest BCUT2D eigenvalue weighted by Crippen LogP contribution is 2.13. The lowest BCUT2D eigenvalue weighted by molar-refractivity contribution is 0.109. The van der Waals surface area contributed by atoms with Crippen molar-refractivity contribution in [1.29, 1.82) is 0 Å².